The first-order chi connectivity index (χ1) is 14.4. The Hall–Kier alpha value is -2.67. The Morgan fingerprint density at radius 3 is 2.23 bits per heavy atom. The van der Waals surface area contributed by atoms with Gasteiger partial charge in [-0.25, -0.2) is 4.79 Å². The maximum Gasteiger partial charge on any atom is 0.407 e. The fourth-order valence-electron chi connectivity index (χ4n) is 2.93. The van der Waals surface area contributed by atoms with Crippen molar-refractivity contribution in [3.05, 3.63) is 88.9 Å². The molecule has 0 radical (unpaired) electrons. The average molecular weight is 444 g/mol. The van der Waals surface area contributed by atoms with E-state index in [0.717, 1.165) is 15.4 Å². The predicted octanol–water partition coefficient (Wildman–Crippen LogP) is 5.45. The van der Waals surface area contributed by atoms with E-state index in [1.807, 2.05) is 36.4 Å². The number of nitrogens with zero attached hydrogens (tertiary/aromatic N) is 1. The van der Waals surface area contributed by atoms with Crippen molar-refractivity contribution in [1.82, 2.24) is 4.90 Å². The van der Waals surface area contributed by atoms with Crippen molar-refractivity contribution in [3.8, 4) is 5.75 Å². The third-order valence-electron chi connectivity index (χ3n) is 4.56. The number of phenolic OH excluding ortho intramolecular Hbond substituents is 1. The number of carboxylic acid groups (broad SMARTS) is 1. The van der Waals surface area contributed by atoms with E-state index in [2.05, 4.69) is 0 Å². The van der Waals surface area contributed by atoms with Crippen molar-refractivity contribution in [2.24, 2.45) is 0 Å². The number of benzene rings is 3. The number of carbonyl (C=O) groups is 1. The van der Waals surface area contributed by atoms with Crippen molar-refractivity contribution >= 4 is 29.5 Å². The number of rotatable bonds is 8. The highest BCUT2D eigenvalue weighted by Gasteiger charge is 2.18. The molecule has 0 aliphatic heterocycles. The number of aliphatic hydroxyl groups is 1. The molecule has 3 aromatic rings. The largest absolute Gasteiger partial charge is 0.508 e. The van der Waals surface area contributed by atoms with Crippen molar-refractivity contribution in [3.63, 3.8) is 0 Å². The summed E-state index contributed by atoms with van der Waals surface area (Å²) in [6.45, 7) is 0.252. The zero-order valence-corrected chi connectivity index (χ0v) is 17.7. The highest BCUT2D eigenvalue weighted by molar-refractivity contribution is 7.99. The molecule has 156 valence electrons. The molecule has 0 saturated carbocycles. The van der Waals surface area contributed by atoms with E-state index in [0.29, 0.717) is 17.0 Å². The Morgan fingerprint density at radius 1 is 1.00 bits per heavy atom. The number of hydrogen-bond acceptors (Lipinski definition) is 4. The Morgan fingerprint density at radius 2 is 1.63 bits per heavy atom. The van der Waals surface area contributed by atoms with Gasteiger partial charge in [0.2, 0.25) is 0 Å². The summed E-state index contributed by atoms with van der Waals surface area (Å²) < 4.78 is 0. The Kier molecular flexibility index (Phi) is 7.63. The molecule has 3 rings (SSSR count). The normalized spacial score (nSPS) is 11.8. The molecule has 0 fully saturated rings. The van der Waals surface area contributed by atoms with Crippen LogP contribution in [0.15, 0.2) is 82.6 Å². The molecular formula is C23H22ClNO4S. The topological polar surface area (TPSA) is 81.0 Å². The second-order valence-electron chi connectivity index (χ2n) is 6.79. The molecule has 0 unspecified atom stereocenters. The van der Waals surface area contributed by atoms with Crippen LogP contribution >= 0.6 is 23.4 Å². The van der Waals surface area contributed by atoms with Gasteiger partial charge in [-0.1, -0.05) is 47.6 Å². The van der Waals surface area contributed by atoms with Gasteiger partial charge in [0.1, 0.15) is 5.75 Å². The van der Waals surface area contributed by atoms with Gasteiger partial charge in [-0.15, -0.1) is 0 Å². The van der Waals surface area contributed by atoms with Crippen molar-refractivity contribution in [2.45, 2.75) is 22.3 Å². The van der Waals surface area contributed by atoms with Crippen LogP contribution in [-0.4, -0.2) is 39.4 Å². The summed E-state index contributed by atoms with van der Waals surface area (Å²) in [7, 11) is 0. The molecule has 3 aromatic carbocycles. The molecule has 3 N–H and O–H groups in total. The lowest BCUT2D eigenvalue weighted by atomic mass is 10.1. The summed E-state index contributed by atoms with van der Waals surface area (Å²) >= 11 is 7.53. The standard InChI is InChI=1S/C23H22ClNO4S/c24-18-3-1-2-17(14-18)22(27)15-25(23(28)29)13-12-16-4-8-20(9-5-16)30-21-10-6-19(26)7-11-21/h1-11,14,22,26-27H,12-13,15H2,(H,28,29)/t22-/m0/s1. The molecular weight excluding hydrogens is 422 g/mol. The molecule has 0 bridgehead atoms. The third kappa shape index (κ3) is 6.42. The van der Waals surface area contributed by atoms with E-state index in [9.17, 15) is 20.1 Å². The van der Waals surface area contributed by atoms with Gasteiger partial charge in [0.15, 0.2) is 0 Å². The second kappa shape index (κ2) is 10.4. The van der Waals surface area contributed by atoms with Gasteiger partial charge in [-0.3, -0.25) is 0 Å². The molecule has 1 amide bonds. The summed E-state index contributed by atoms with van der Waals surface area (Å²) in [6, 6.07) is 21.7. The molecule has 0 heterocycles. The van der Waals surface area contributed by atoms with Crippen LogP contribution in [0.2, 0.25) is 5.02 Å². The Balaban J connectivity index is 1.56. The van der Waals surface area contributed by atoms with E-state index in [1.54, 1.807) is 48.2 Å². The van der Waals surface area contributed by atoms with Gasteiger partial charge in [0, 0.05) is 21.4 Å². The lowest BCUT2D eigenvalue weighted by Gasteiger charge is -2.23. The van der Waals surface area contributed by atoms with E-state index >= 15 is 0 Å². The molecule has 30 heavy (non-hydrogen) atoms. The van der Waals surface area contributed by atoms with Gasteiger partial charge in [-0.2, -0.15) is 0 Å². The number of halogens is 1. The van der Waals surface area contributed by atoms with E-state index in [4.69, 9.17) is 11.6 Å². The summed E-state index contributed by atoms with van der Waals surface area (Å²) in [5, 5.41) is 29.7. The predicted molar refractivity (Wildman–Crippen MR) is 118 cm³/mol. The minimum atomic E-state index is -1.07. The van der Waals surface area contributed by atoms with Gasteiger partial charge < -0.3 is 20.2 Å². The van der Waals surface area contributed by atoms with E-state index in [-0.39, 0.29) is 18.8 Å². The Bertz CT molecular complexity index is 979. The summed E-state index contributed by atoms with van der Waals surface area (Å²) in [4.78, 5) is 14.9. The monoisotopic (exact) mass is 443 g/mol. The van der Waals surface area contributed by atoms with Gasteiger partial charge in [0.25, 0.3) is 0 Å². The first kappa shape index (κ1) is 22.0. The molecule has 0 saturated heterocycles. The molecule has 0 aromatic heterocycles. The zero-order chi connectivity index (χ0) is 21.5. The molecule has 0 aliphatic carbocycles. The van der Waals surface area contributed by atoms with Crippen LogP contribution < -0.4 is 0 Å². The minimum Gasteiger partial charge on any atom is -0.508 e. The fourth-order valence-corrected chi connectivity index (χ4v) is 3.95. The molecule has 0 aliphatic rings. The van der Waals surface area contributed by atoms with Gasteiger partial charge in [-0.05, 0) is 66.1 Å². The van der Waals surface area contributed by atoms with Crippen LogP contribution in [0.25, 0.3) is 0 Å². The summed E-state index contributed by atoms with van der Waals surface area (Å²) in [5.41, 5.74) is 1.60. The third-order valence-corrected chi connectivity index (χ3v) is 5.81. The van der Waals surface area contributed by atoms with Crippen LogP contribution in [0.5, 0.6) is 5.75 Å². The molecule has 5 nitrogen and oxygen atoms in total. The zero-order valence-electron chi connectivity index (χ0n) is 16.1. The van der Waals surface area contributed by atoms with Crippen molar-refractivity contribution in [1.29, 1.82) is 0 Å². The summed E-state index contributed by atoms with van der Waals surface area (Å²) in [6.07, 6.45) is -1.47. The lowest BCUT2D eigenvalue weighted by Crippen LogP contribution is -2.35. The highest BCUT2D eigenvalue weighted by atomic mass is 35.5. The van der Waals surface area contributed by atoms with Gasteiger partial charge in [0.05, 0.1) is 12.6 Å². The number of amides is 1. The van der Waals surface area contributed by atoms with Crippen LogP contribution in [0.4, 0.5) is 4.79 Å². The maximum atomic E-state index is 11.6. The average Bonchev–Trinajstić information content (AvgIpc) is 2.73. The fraction of sp³-hybridized carbons (Fsp3) is 0.174. The van der Waals surface area contributed by atoms with Crippen LogP contribution in [0.3, 0.4) is 0 Å². The van der Waals surface area contributed by atoms with Gasteiger partial charge >= 0.3 is 6.09 Å². The lowest BCUT2D eigenvalue weighted by molar-refractivity contribution is 0.0973. The smallest absolute Gasteiger partial charge is 0.407 e. The number of aliphatic hydroxyl groups excluding tert-OH is 1. The van der Waals surface area contributed by atoms with E-state index < -0.39 is 12.2 Å². The molecule has 7 heteroatoms. The first-order valence-electron chi connectivity index (χ1n) is 9.38. The number of phenols is 1. The molecule has 0 spiro atoms. The Labute approximate surface area is 184 Å². The maximum absolute atomic E-state index is 11.6. The second-order valence-corrected chi connectivity index (χ2v) is 8.37. The van der Waals surface area contributed by atoms with Crippen molar-refractivity contribution in [2.75, 3.05) is 13.1 Å². The van der Waals surface area contributed by atoms with Crippen LogP contribution in [-0.2, 0) is 6.42 Å². The van der Waals surface area contributed by atoms with E-state index in [1.165, 1.54) is 4.90 Å². The summed E-state index contributed by atoms with van der Waals surface area (Å²) in [5.74, 6) is 0.234. The van der Waals surface area contributed by atoms with Crippen LogP contribution in [0.1, 0.15) is 17.2 Å². The first-order valence-corrected chi connectivity index (χ1v) is 10.6. The minimum absolute atomic E-state index is 0.0233. The number of aromatic hydroxyl groups is 1. The number of hydrogen-bond donors (Lipinski definition) is 3. The molecule has 1 atom stereocenters. The van der Waals surface area contributed by atoms with Crippen molar-refractivity contribution < 1.29 is 20.1 Å². The highest BCUT2D eigenvalue weighted by Crippen LogP contribution is 2.29. The SMILES string of the molecule is O=C(O)N(CCc1ccc(Sc2ccc(O)cc2)cc1)C[C@H](O)c1cccc(Cl)c1. The van der Waals surface area contributed by atoms with Crippen LogP contribution in [0, 0.1) is 0 Å². The quantitative estimate of drug-likeness (QED) is 0.431.